The molecule has 0 N–H and O–H groups in total. The summed E-state index contributed by atoms with van der Waals surface area (Å²) in [6.07, 6.45) is 2.74. The van der Waals surface area contributed by atoms with Crippen LogP contribution in [0.3, 0.4) is 0 Å². The molecule has 0 atom stereocenters. The molecule has 1 heterocycles. The summed E-state index contributed by atoms with van der Waals surface area (Å²) in [6.45, 7) is 2.14. The molecule has 1 aromatic heterocycles. The van der Waals surface area contributed by atoms with E-state index in [1.165, 1.54) is 11.1 Å². The normalized spacial score (nSPS) is 10.4. The fourth-order valence-corrected chi connectivity index (χ4v) is 1.89. The molecule has 1 aromatic carbocycles. The van der Waals surface area contributed by atoms with Crippen LogP contribution < -0.4 is 0 Å². The highest BCUT2D eigenvalue weighted by molar-refractivity contribution is 9.10. The Balaban J connectivity index is 2.56. The van der Waals surface area contributed by atoms with Gasteiger partial charge in [-0.25, -0.2) is 0 Å². The molecule has 0 amide bonds. The van der Waals surface area contributed by atoms with E-state index in [0.717, 1.165) is 12.0 Å². The van der Waals surface area contributed by atoms with Crippen molar-refractivity contribution < 1.29 is 4.52 Å². The van der Waals surface area contributed by atoms with Gasteiger partial charge >= 0.3 is 0 Å². The Morgan fingerprint density at radius 2 is 2.07 bits per heavy atom. The van der Waals surface area contributed by atoms with E-state index in [-0.39, 0.29) is 0 Å². The zero-order chi connectivity index (χ0) is 9.97. The molecule has 0 aliphatic heterocycles. The largest absolute Gasteiger partial charge is 0.349 e. The average molecular weight is 252 g/mol. The number of rotatable bonds is 2. The smallest absolute Gasteiger partial charge is 0.209 e. The van der Waals surface area contributed by atoms with Crippen molar-refractivity contribution in [1.82, 2.24) is 5.16 Å². The Kier molecular flexibility index (Phi) is 2.68. The summed E-state index contributed by atoms with van der Waals surface area (Å²) in [4.78, 5) is 0. The van der Waals surface area contributed by atoms with Crippen molar-refractivity contribution in [3.8, 4) is 11.1 Å². The van der Waals surface area contributed by atoms with E-state index in [1.54, 1.807) is 6.20 Å². The Bertz CT molecular complexity index is 436. The predicted molar refractivity (Wildman–Crippen MR) is 59.0 cm³/mol. The van der Waals surface area contributed by atoms with Crippen LogP contribution in [0.4, 0.5) is 0 Å². The zero-order valence-electron chi connectivity index (χ0n) is 7.83. The van der Waals surface area contributed by atoms with Crippen molar-refractivity contribution in [3.63, 3.8) is 0 Å². The van der Waals surface area contributed by atoms with Crippen molar-refractivity contribution in [2.75, 3.05) is 0 Å². The van der Waals surface area contributed by atoms with Crippen LogP contribution in [0.2, 0.25) is 0 Å². The second kappa shape index (κ2) is 3.96. The molecule has 2 aromatic rings. The SMILES string of the molecule is CCc1ccccc1-c1cnoc1Br. The average Bonchev–Trinajstić information content (AvgIpc) is 2.64. The molecule has 0 aliphatic carbocycles. The van der Waals surface area contributed by atoms with Crippen LogP contribution in [-0.4, -0.2) is 5.16 Å². The molecule has 72 valence electrons. The van der Waals surface area contributed by atoms with Gasteiger partial charge in [-0.15, -0.1) is 0 Å². The van der Waals surface area contributed by atoms with Crippen molar-refractivity contribution in [2.45, 2.75) is 13.3 Å². The van der Waals surface area contributed by atoms with Crippen molar-refractivity contribution >= 4 is 15.9 Å². The third-order valence-electron chi connectivity index (χ3n) is 2.21. The highest BCUT2D eigenvalue weighted by atomic mass is 79.9. The quantitative estimate of drug-likeness (QED) is 0.815. The van der Waals surface area contributed by atoms with Crippen LogP contribution in [0.15, 0.2) is 39.7 Å². The van der Waals surface area contributed by atoms with Gasteiger partial charge in [0, 0.05) is 0 Å². The molecule has 0 bridgehead atoms. The van der Waals surface area contributed by atoms with Crippen molar-refractivity contribution in [2.24, 2.45) is 0 Å². The van der Waals surface area contributed by atoms with Crippen LogP contribution in [0, 0.1) is 0 Å². The van der Waals surface area contributed by atoms with E-state index in [4.69, 9.17) is 4.52 Å². The number of hydrogen-bond donors (Lipinski definition) is 0. The lowest BCUT2D eigenvalue weighted by atomic mass is 10.0. The number of hydrogen-bond acceptors (Lipinski definition) is 2. The molecule has 0 radical (unpaired) electrons. The maximum absolute atomic E-state index is 4.99. The second-order valence-corrected chi connectivity index (χ2v) is 3.74. The first kappa shape index (κ1) is 9.46. The minimum Gasteiger partial charge on any atom is -0.349 e. The van der Waals surface area contributed by atoms with E-state index < -0.39 is 0 Å². The summed E-state index contributed by atoms with van der Waals surface area (Å²) < 4.78 is 5.68. The third-order valence-corrected chi connectivity index (χ3v) is 2.79. The summed E-state index contributed by atoms with van der Waals surface area (Å²) in [5, 5.41) is 3.75. The lowest BCUT2D eigenvalue weighted by molar-refractivity contribution is 0.400. The molecule has 2 rings (SSSR count). The summed E-state index contributed by atoms with van der Waals surface area (Å²) >= 11 is 3.34. The summed E-state index contributed by atoms with van der Waals surface area (Å²) in [6, 6.07) is 8.27. The number of aryl methyl sites for hydroxylation is 1. The molecule has 3 heteroatoms. The van der Waals surface area contributed by atoms with Crippen LogP contribution in [0.25, 0.3) is 11.1 Å². The van der Waals surface area contributed by atoms with E-state index in [0.29, 0.717) is 4.67 Å². The molecule has 2 nitrogen and oxygen atoms in total. The summed E-state index contributed by atoms with van der Waals surface area (Å²) in [7, 11) is 0. The minimum absolute atomic E-state index is 0.693. The number of benzene rings is 1. The number of halogens is 1. The third kappa shape index (κ3) is 1.60. The van der Waals surface area contributed by atoms with Gasteiger partial charge in [-0.1, -0.05) is 36.3 Å². The summed E-state index contributed by atoms with van der Waals surface area (Å²) in [5.41, 5.74) is 3.50. The topological polar surface area (TPSA) is 26.0 Å². The minimum atomic E-state index is 0.693. The first-order chi connectivity index (χ1) is 6.83. The highest BCUT2D eigenvalue weighted by Crippen LogP contribution is 2.30. The van der Waals surface area contributed by atoms with Gasteiger partial charge in [0.2, 0.25) is 4.67 Å². The number of nitrogens with zero attached hydrogens (tertiary/aromatic N) is 1. The maximum Gasteiger partial charge on any atom is 0.209 e. The molecular formula is C11H10BrNO. The Labute approximate surface area is 91.1 Å². The van der Waals surface area contributed by atoms with Gasteiger partial charge < -0.3 is 4.52 Å². The van der Waals surface area contributed by atoms with Gasteiger partial charge in [-0.05, 0) is 33.5 Å². The second-order valence-electron chi connectivity index (χ2n) is 3.02. The fourth-order valence-electron chi connectivity index (χ4n) is 1.49. The number of aromatic nitrogens is 1. The lowest BCUT2D eigenvalue weighted by Crippen LogP contribution is -1.85. The van der Waals surface area contributed by atoms with Gasteiger partial charge in [0.1, 0.15) is 0 Å². The Hall–Kier alpha value is -1.09. The molecule has 0 spiro atoms. The molecule has 0 aliphatic rings. The van der Waals surface area contributed by atoms with E-state index in [2.05, 4.69) is 40.1 Å². The van der Waals surface area contributed by atoms with E-state index in [9.17, 15) is 0 Å². The van der Waals surface area contributed by atoms with Crippen molar-refractivity contribution in [3.05, 3.63) is 40.7 Å². The van der Waals surface area contributed by atoms with Crippen LogP contribution in [0.1, 0.15) is 12.5 Å². The van der Waals surface area contributed by atoms with E-state index >= 15 is 0 Å². The predicted octanol–water partition coefficient (Wildman–Crippen LogP) is 3.67. The van der Waals surface area contributed by atoms with Gasteiger partial charge in [-0.2, -0.15) is 0 Å². The zero-order valence-corrected chi connectivity index (χ0v) is 9.41. The van der Waals surface area contributed by atoms with Crippen LogP contribution in [0.5, 0.6) is 0 Å². The highest BCUT2D eigenvalue weighted by Gasteiger charge is 2.09. The van der Waals surface area contributed by atoms with Gasteiger partial charge in [-0.3, -0.25) is 0 Å². The molecule has 14 heavy (non-hydrogen) atoms. The maximum atomic E-state index is 4.99. The van der Waals surface area contributed by atoms with Crippen molar-refractivity contribution in [1.29, 1.82) is 0 Å². The van der Waals surface area contributed by atoms with Gasteiger partial charge in [0.05, 0.1) is 11.8 Å². The van der Waals surface area contributed by atoms with Gasteiger partial charge in [0.15, 0.2) is 0 Å². The van der Waals surface area contributed by atoms with E-state index in [1.807, 2.05) is 12.1 Å². The van der Waals surface area contributed by atoms with Crippen LogP contribution in [-0.2, 0) is 6.42 Å². The molecule has 0 fully saturated rings. The Morgan fingerprint density at radius 3 is 2.71 bits per heavy atom. The first-order valence-corrected chi connectivity index (χ1v) is 5.30. The standard InChI is InChI=1S/C11H10BrNO/c1-2-8-5-3-4-6-9(8)10-7-13-14-11(10)12/h3-7H,2H2,1H3. The molecular weight excluding hydrogens is 242 g/mol. The van der Waals surface area contributed by atoms with Gasteiger partial charge in [0.25, 0.3) is 0 Å². The lowest BCUT2D eigenvalue weighted by Gasteiger charge is -2.04. The first-order valence-electron chi connectivity index (χ1n) is 4.51. The summed E-state index contributed by atoms with van der Waals surface area (Å²) in [5.74, 6) is 0. The monoisotopic (exact) mass is 251 g/mol. The molecule has 0 unspecified atom stereocenters. The fraction of sp³-hybridized carbons (Fsp3) is 0.182. The molecule has 0 saturated heterocycles. The molecule has 0 saturated carbocycles. The Morgan fingerprint density at radius 1 is 1.29 bits per heavy atom. The van der Waals surface area contributed by atoms with Crippen LogP contribution >= 0.6 is 15.9 Å².